The van der Waals surface area contributed by atoms with Gasteiger partial charge in [-0.1, -0.05) is 53.6 Å². The van der Waals surface area contributed by atoms with Gasteiger partial charge in [0.25, 0.3) is 0 Å². The molecular weight excluding hydrogens is 348 g/mol. The van der Waals surface area contributed by atoms with Gasteiger partial charge < -0.3 is 5.32 Å². The third-order valence-corrected chi connectivity index (χ3v) is 4.17. The van der Waals surface area contributed by atoms with Crippen LogP contribution in [0.15, 0.2) is 60.7 Å². The second-order valence-corrected chi connectivity index (χ2v) is 6.35. The molecule has 1 amide bonds. The maximum Gasteiger partial charge on any atom is 0.221 e. The van der Waals surface area contributed by atoms with Gasteiger partial charge >= 0.3 is 0 Å². The number of aromatic nitrogens is 1. The van der Waals surface area contributed by atoms with Crippen LogP contribution >= 0.6 is 11.6 Å². The van der Waals surface area contributed by atoms with E-state index in [4.69, 9.17) is 11.6 Å². The van der Waals surface area contributed by atoms with Crippen LogP contribution in [-0.2, 0) is 4.79 Å². The molecule has 0 aliphatic carbocycles. The zero-order valence-electron chi connectivity index (χ0n) is 14.4. The van der Waals surface area contributed by atoms with Crippen LogP contribution in [0.5, 0.6) is 0 Å². The Balaban J connectivity index is 1.91. The van der Waals surface area contributed by atoms with Gasteiger partial charge in [0.05, 0.1) is 11.3 Å². The molecule has 0 radical (unpaired) electrons. The maximum atomic E-state index is 12.6. The number of anilines is 1. The fraction of sp³-hybridized carbons (Fsp3) is 0.0952. The van der Waals surface area contributed by atoms with E-state index in [-0.39, 0.29) is 16.8 Å². The lowest BCUT2D eigenvalue weighted by Crippen LogP contribution is -2.06. The lowest BCUT2D eigenvalue weighted by atomic mass is 10.0. The fourth-order valence-electron chi connectivity index (χ4n) is 2.58. The molecule has 4 nitrogen and oxygen atoms in total. The standard InChI is InChI=1S/C21H17ClN2O2/c1-13-6-8-15(9-7-13)20(26)18-10-11-19(24-21(18)22)16-4-3-5-17(12-16)23-14(2)25/h3-12H,1-2H3,(H,23,25). The Morgan fingerprint density at radius 3 is 2.38 bits per heavy atom. The summed E-state index contributed by atoms with van der Waals surface area (Å²) in [7, 11) is 0. The number of nitrogens with one attached hydrogen (secondary N) is 1. The number of hydrogen-bond donors (Lipinski definition) is 1. The van der Waals surface area contributed by atoms with E-state index in [0.717, 1.165) is 11.1 Å². The number of nitrogens with zero attached hydrogens (tertiary/aromatic N) is 1. The minimum Gasteiger partial charge on any atom is -0.326 e. The molecule has 26 heavy (non-hydrogen) atoms. The summed E-state index contributed by atoms with van der Waals surface area (Å²) >= 11 is 6.28. The first-order chi connectivity index (χ1) is 12.4. The van der Waals surface area contributed by atoms with E-state index < -0.39 is 0 Å². The summed E-state index contributed by atoms with van der Waals surface area (Å²) in [5, 5.41) is 2.88. The summed E-state index contributed by atoms with van der Waals surface area (Å²) in [5.74, 6) is -0.312. The third kappa shape index (κ3) is 3.98. The molecule has 1 heterocycles. The Bertz CT molecular complexity index is 982. The van der Waals surface area contributed by atoms with Crippen molar-refractivity contribution >= 4 is 29.0 Å². The molecule has 0 atom stereocenters. The van der Waals surface area contributed by atoms with Crippen LogP contribution in [0.3, 0.4) is 0 Å². The van der Waals surface area contributed by atoms with Gasteiger partial charge in [-0.05, 0) is 31.2 Å². The number of benzene rings is 2. The lowest BCUT2D eigenvalue weighted by molar-refractivity contribution is -0.114. The Kier molecular flexibility index (Phi) is 5.14. The number of amides is 1. The highest BCUT2D eigenvalue weighted by Gasteiger charge is 2.15. The molecule has 1 aromatic heterocycles. The van der Waals surface area contributed by atoms with Crippen molar-refractivity contribution < 1.29 is 9.59 Å². The number of ketones is 1. The summed E-state index contributed by atoms with van der Waals surface area (Å²) in [6, 6.07) is 18.0. The topological polar surface area (TPSA) is 59.1 Å². The second kappa shape index (κ2) is 7.50. The SMILES string of the molecule is CC(=O)Nc1cccc(-c2ccc(C(=O)c3ccc(C)cc3)c(Cl)n2)c1. The summed E-state index contributed by atoms with van der Waals surface area (Å²) in [6.45, 7) is 3.42. The molecule has 0 spiro atoms. The number of carbonyl (C=O) groups is 2. The third-order valence-electron chi connectivity index (χ3n) is 3.89. The van der Waals surface area contributed by atoms with E-state index >= 15 is 0 Å². The number of halogens is 1. The minimum absolute atomic E-state index is 0.146. The van der Waals surface area contributed by atoms with E-state index in [0.29, 0.717) is 22.5 Å². The van der Waals surface area contributed by atoms with Crippen LogP contribution in [0.4, 0.5) is 5.69 Å². The quantitative estimate of drug-likeness (QED) is 0.529. The Morgan fingerprint density at radius 1 is 1.00 bits per heavy atom. The van der Waals surface area contributed by atoms with Gasteiger partial charge in [-0.25, -0.2) is 4.98 Å². The number of pyridine rings is 1. The van der Waals surface area contributed by atoms with Gasteiger partial charge in [0.2, 0.25) is 5.91 Å². The number of rotatable bonds is 4. The predicted octanol–water partition coefficient (Wildman–Crippen LogP) is 4.90. The van der Waals surface area contributed by atoms with Crippen molar-refractivity contribution in [3.63, 3.8) is 0 Å². The van der Waals surface area contributed by atoms with Crippen LogP contribution in [0.25, 0.3) is 11.3 Å². The van der Waals surface area contributed by atoms with Gasteiger partial charge in [0, 0.05) is 23.7 Å². The average molecular weight is 365 g/mol. The molecule has 3 rings (SSSR count). The van der Waals surface area contributed by atoms with E-state index in [1.165, 1.54) is 6.92 Å². The number of carbonyl (C=O) groups excluding carboxylic acids is 2. The van der Waals surface area contributed by atoms with E-state index in [1.54, 1.807) is 30.3 Å². The zero-order chi connectivity index (χ0) is 18.7. The highest BCUT2D eigenvalue weighted by Crippen LogP contribution is 2.25. The van der Waals surface area contributed by atoms with Crippen LogP contribution < -0.4 is 5.32 Å². The van der Waals surface area contributed by atoms with Gasteiger partial charge in [0.15, 0.2) is 5.78 Å². The van der Waals surface area contributed by atoms with Crippen LogP contribution in [-0.4, -0.2) is 16.7 Å². The van der Waals surface area contributed by atoms with Crippen molar-refractivity contribution in [1.29, 1.82) is 0 Å². The lowest BCUT2D eigenvalue weighted by Gasteiger charge is -2.08. The second-order valence-electron chi connectivity index (χ2n) is 5.99. The summed E-state index contributed by atoms with van der Waals surface area (Å²) < 4.78 is 0. The highest BCUT2D eigenvalue weighted by molar-refractivity contribution is 6.34. The van der Waals surface area contributed by atoms with Gasteiger partial charge in [0.1, 0.15) is 5.15 Å². The molecule has 0 unspecified atom stereocenters. The van der Waals surface area contributed by atoms with Crippen LogP contribution in [0, 0.1) is 6.92 Å². The smallest absolute Gasteiger partial charge is 0.221 e. The number of hydrogen-bond acceptors (Lipinski definition) is 3. The largest absolute Gasteiger partial charge is 0.326 e. The van der Waals surface area contributed by atoms with Crippen molar-refractivity contribution in [2.24, 2.45) is 0 Å². The summed E-state index contributed by atoms with van der Waals surface area (Å²) in [4.78, 5) is 28.2. The van der Waals surface area contributed by atoms with Crippen molar-refractivity contribution in [2.45, 2.75) is 13.8 Å². The predicted molar refractivity (Wildman–Crippen MR) is 104 cm³/mol. The zero-order valence-corrected chi connectivity index (χ0v) is 15.2. The normalized spacial score (nSPS) is 10.4. The minimum atomic E-state index is -0.166. The molecule has 1 N–H and O–H groups in total. The molecule has 130 valence electrons. The molecule has 3 aromatic rings. The first-order valence-corrected chi connectivity index (χ1v) is 8.48. The van der Waals surface area contributed by atoms with Gasteiger partial charge in [-0.2, -0.15) is 0 Å². The molecule has 0 saturated carbocycles. The molecule has 2 aromatic carbocycles. The van der Waals surface area contributed by atoms with E-state index in [1.807, 2.05) is 37.3 Å². The highest BCUT2D eigenvalue weighted by atomic mass is 35.5. The Hall–Kier alpha value is -2.98. The summed E-state index contributed by atoms with van der Waals surface area (Å²) in [6.07, 6.45) is 0. The van der Waals surface area contributed by atoms with Crippen molar-refractivity contribution in [1.82, 2.24) is 4.98 Å². The molecule has 0 aliphatic rings. The maximum absolute atomic E-state index is 12.6. The average Bonchev–Trinajstić information content (AvgIpc) is 2.61. The Labute approximate surface area is 156 Å². The first-order valence-electron chi connectivity index (χ1n) is 8.10. The molecule has 0 bridgehead atoms. The van der Waals surface area contributed by atoms with Crippen molar-refractivity contribution in [3.8, 4) is 11.3 Å². The first kappa shape index (κ1) is 17.8. The van der Waals surface area contributed by atoms with Crippen LogP contribution in [0.2, 0.25) is 5.15 Å². The van der Waals surface area contributed by atoms with Gasteiger partial charge in [-0.3, -0.25) is 9.59 Å². The molecule has 0 aliphatic heterocycles. The summed E-state index contributed by atoms with van der Waals surface area (Å²) in [5.41, 5.74) is 4.11. The molecule has 0 saturated heterocycles. The van der Waals surface area contributed by atoms with Crippen molar-refractivity contribution in [2.75, 3.05) is 5.32 Å². The van der Waals surface area contributed by atoms with Crippen LogP contribution in [0.1, 0.15) is 28.4 Å². The monoisotopic (exact) mass is 364 g/mol. The van der Waals surface area contributed by atoms with Crippen molar-refractivity contribution in [3.05, 3.63) is 82.5 Å². The molecule has 0 fully saturated rings. The Morgan fingerprint density at radius 2 is 1.73 bits per heavy atom. The molecular formula is C21H17ClN2O2. The van der Waals surface area contributed by atoms with Gasteiger partial charge in [-0.15, -0.1) is 0 Å². The fourth-order valence-corrected chi connectivity index (χ4v) is 2.82. The number of aryl methyl sites for hydroxylation is 1. The van der Waals surface area contributed by atoms with E-state index in [2.05, 4.69) is 10.3 Å². The van der Waals surface area contributed by atoms with E-state index in [9.17, 15) is 9.59 Å². The molecule has 5 heteroatoms.